The van der Waals surface area contributed by atoms with Crippen LogP contribution in [0.15, 0.2) is 36.7 Å². The van der Waals surface area contributed by atoms with Crippen LogP contribution >= 0.6 is 11.8 Å². The van der Waals surface area contributed by atoms with Gasteiger partial charge < -0.3 is 19.5 Å². The van der Waals surface area contributed by atoms with Crippen molar-refractivity contribution in [1.29, 1.82) is 0 Å². The lowest BCUT2D eigenvalue weighted by atomic mass is 10.1. The van der Waals surface area contributed by atoms with Crippen LogP contribution in [0.2, 0.25) is 0 Å². The Morgan fingerprint density at radius 2 is 1.60 bits per heavy atom. The molecule has 0 unspecified atom stereocenters. The highest BCUT2D eigenvalue weighted by Gasteiger charge is 2.19. The van der Waals surface area contributed by atoms with Crippen molar-refractivity contribution < 1.29 is 23.6 Å². The number of thioether (sulfide) groups is 1. The summed E-state index contributed by atoms with van der Waals surface area (Å²) < 4.78 is 18.6. The van der Waals surface area contributed by atoms with Gasteiger partial charge in [-0.1, -0.05) is 32.9 Å². The van der Waals surface area contributed by atoms with Crippen molar-refractivity contribution in [3.05, 3.63) is 47.8 Å². The topological polar surface area (TPSA) is 60.7 Å². The Balaban J connectivity index is 1.80. The Kier molecular flexibility index (Phi) is 12.0. The molecule has 1 amide bonds. The first-order valence-corrected chi connectivity index (χ1v) is 13.2. The summed E-state index contributed by atoms with van der Waals surface area (Å²) in [6.07, 6.45) is 11.8. The number of nitrogens with one attached hydrogen (secondary N) is 1. The normalized spacial score (nSPS) is 11.5. The van der Waals surface area contributed by atoms with Crippen LogP contribution in [0.25, 0.3) is 12.2 Å². The lowest BCUT2D eigenvalue weighted by molar-refractivity contribution is -0.697. The van der Waals surface area contributed by atoms with Crippen LogP contribution < -0.4 is 24.1 Å². The molecular weight excluding hydrogens is 460 g/mol. The lowest BCUT2D eigenvalue weighted by Crippen LogP contribution is -2.34. The van der Waals surface area contributed by atoms with Gasteiger partial charge >= 0.3 is 0 Å². The summed E-state index contributed by atoms with van der Waals surface area (Å²) in [5, 5.41) is 3.05. The van der Waals surface area contributed by atoms with Crippen molar-refractivity contribution >= 4 is 29.8 Å². The fraction of sp³-hybridized carbons (Fsp3) is 0.500. The van der Waals surface area contributed by atoms with Gasteiger partial charge in [-0.3, -0.25) is 4.79 Å². The quantitative estimate of drug-likeness (QED) is 0.262. The molecule has 1 N–H and O–H groups in total. The van der Waals surface area contributed by atoms with Crippen molar-refractivity contribution in [3.8, 4) is 17.2 Å². The van der Waals surface area contributed by atoms with Gasteiger partial charge in [0, 0.05) is 42.0 Å². The zero-order valence-electron chi connectivity index (χ0n) is 22.1. The number of ether oxygens (including phenoxy) is 3. The number of carbonyl (C=O) groups is 1. The molecule has 1 aromatic carbocycles. The Labute approximate surface area is 215 Å². The van der Waals surface area contributed by atoms with Crippen molar-refractivity contribution in [2.75, 3.05) is 33.6 Å². The number of hydrogen-bond donors (Lipinski definition) is 1. The van der Waals surface area contributed by atoms with Crippen LogP contribution in [0.3, 0.4) is 0 Å². The number of rotatable bonds is 15. The second-order valence-electron chi connectivity index (χ2n) is 8.62. The number of amides is 1. The van der Waals surface area contributed by atoms with Crippen LogP contribution in [0.4, 0.5) is 0 Å². The summed E-state index contributed by atoms with van der Waals surface area (Å²) >= 11 is 1.95. The minimum atomic E-state index is 0.130. The third-order valence-electron chi connectivity index (χ3n) is 6.26. The van der Waals surface area contributed by atoms with Gasteiger partial charge in [0.15, 0.2) is 23.9 Å². The fourth-order valence-electron chi connectivity index (χ4n) is 3.57. The molecule has 0 saturated heterocycles. The van der Waals surface area contributed by atoms with Gasteiger partial charge in [0.1, 0.15) is 6.54 Å². The van der Waals surface area contributed by atoms with Crippen molar-refractivity contribution in [2.24, 2.45) is 0 Å². The summed E-state index contributed by atoms with van der Waals surface area (Å²) in [5.74, 6) is 2.92. The van der Waals surface area contributed by atoms with E-state index in [1.165, 1.54) is 0 Å². The monoisotopic (exact) mass is 501 g/mol. The molecule has 2 aromatic rings. The minimum Gasteiger partial charge on any atom is -0.493 e. The summed E-state index contributed by atoms with van der Waals surface area (Å²) in [5.41, 5.74) is 2.03. The van der Waals surface area contributed by atoms with Crippen LogP contribution in [0, 0.1) is 0 Å². The molecule has 0 aliphatic carbocycles. The first-order valence-electron chi connectivity index (χ1n) is 12.3. The molecule has 192 valence electrons. The predicted octanol–water partition coefficient (Wildman–Crippen LogP) is 5.38. The number of carbonyl (C=O) groups excluding carboxylic acids is 1. The van der Waals surface area contributed by atoms with Crippen molar-refractivity contribution in [3.63, 3.8) is 0 Å². The Morgan fingerprint density at radius 3 is 2.14 bits per heavy atom. The van der Waals surface area contributed by atoms with E-state index in [0.29, 0.717) is 28.4 Å². The molecular formula is C28H41N2O4S+. The summed E-state index contributed by atoms with van der Waals surface area (Å²) in [7, 11) is 4.81. The average molecular weight is 502 g/mol. The molecule has 0 radical (unpaired) electrons. The van der Waals surface area contributed by atoms with E-state index in [4.69, 9.17) is 14.2 Å². The first kappa shape index (κ1) is 28.6. The van der Waals surface area contributed by atoms with E-state index in [0.717, 1.165) is 49.2 Å². The molecule has 0 bridgehead atoms. The molecule has 6 nitrogen and oxygen atoms in total. The SMILES string of the molecule is CCC(C)(CC)SCCNC(=O)CCC[n+]1ccc(C=Cc2cc(OC)c(OC)c(OC)c2)cc1. The molecule has 2 rings (SSSR count). The zero-order chi connectivity index (χ0) is 25.7. The zero-order valence-corrected chi connectivity index (χ0v) is 22.9. The van der Waals surface area contributed by atoms with Crippen LogP contribution in [0.1, 0.15) is 57.6 Å². The van der Waals surface area contributed by atoms with E-state index in [9.17, 15) is 4.79 Å². The maximum Gasteiger partial charge on any atom is 0.220 e. The molecule has 1 heterocycles. The van der Waals surface area contributed by atoms with Crippen LogP contribution in [-0.4, -0.2) is 44.3 Å². The van der Waals surface area contributed by atoms with Gasteiger partial charge in [0.25, 0.3) is 0 Å². The number of aromatic nitrogens is 1. The molecule has 35 heavy (non-hydrogen) atoms. The predicted molar refractivity (Wildman–Crippen MR) is 145 cm³/mol. The minimum absolute atomic E-state index is 0.130. The average Bonchev–Trinajstić information content (AvgIpc) is 2.89. The maximum absolute atomic E-state index is 12.1. The van der Waals surface area contributed by atoms with Crippen LogP contribution in [0.5, 0.6) is 17.2 Å². The lowest BCUT2D eigenvalue weighted by Gasteiger charge is -2.25. The standard InChI is InChI=1S/C28H40N2O4S/c1-7-28(3,8-2)35-19-15-29-26(31)10-9-16-30-17-13-22(14-18-30)11-12-23-20-24(32-4)27(34-6)25(21-23)33-5/h11-14,17-18,20-21H,7-10,15-16,19H2,1-6H3/p+1. The second-order valence-corrected chi connectivity index (χ2v) is 10.3. The van der Waals surface area contributed by atoms with Gasteiger partial charge in [-0.2, -0.15) is 11.8 Å². The largest absolute Gasteiger partial charge is 0.493 e. The van der Waals surface area contributed by atoms with E-state index in [1.54, 1.807) is 21.3 Å². The number of benzene rings is 1. The second kappa shape index (κ2) is 14.7. The van der Waals surface area contributed by atoms with Gasteiger partial charge in [-0.05, 0) is 36.1 Å². The van der Waals surface area contributed by atoms with E-state index >= 15 is 0 Å². The van der Waals surface area contributed by atoms with Gasteiger partial charge in [-0.25, -0.2) is 4.57 Å². The number of pyridine rings is 1. The molecule has 0 fully saturated rings. The number of hydrogen-bond acceptors (Lipinski definition) is 5. The van der Waals surface area contributed by atoms with Gasteiger partial charge in [0.2, 0.25) is 11.7 Å². The molecule has 0 atom stereocenters. The number of methoxy groups -OCH3 is 3. The first-order chi connectivity index (χ1) is 16.9. The van der Waals surface area contributed by atoms with E-state index in [-0.39, 0.29) is 5.91 Å². The number of aryl methyl sites for hydroxylation is 1. The summed E-state index contributed by atoms with van der Waals surface area (Å²) in [4.78, 5) is 12.1. The van der Waals surface area contributed by atoms with E-state index < -0.39 is 0 Å². The highest BCUT2D eigenvalue weighted by molar-refractivity contribution is 8.00. The maximum atomic E-state index is 12.1. The molecule has 7 heteroatoms. The molecule has 0 saturated carbocycles. The molecule has 0 spiro atoms. The van der Waals surface area contributed by atoms with Gasteiger partial charge in [0.05, 0.1) is 21.3 Å². The third kappa shape index (κ3) is 9.13. The van der Waals surface area contributed by atoms with Crippen molar-refractivity contribution in [2.45, 2.75) is 57.7 Å². The molecule has 1 aromatic heterocycles. The summed E-state index contributed by atoms with van der Waals surface area (Å²) in [6.45, 7) is 8.30. The fourth-order valence-corrected chi connectivity index (χ4v) is 4.68. The van der Waals surface area contributed by atoms with E-state index in [1.807, 2.05) is 48.4 Å². The van der Waals surface area contributed by atoms with E-state index in [2.05, 4.69) is 42.8 Å². The summed E-state index contributed by atoms with van der Waals surface area (Å²) in [6, 6.07) is 7.95. The molecule has 0 aliphatic heterocycles. The Morgan fingerprint density at radius 1 is 1.00 bits per heavy atom. The van der Waals surface area contributed by atoms with Crippen molar-refractivity contribution in [1.82, 2.24) is 5.32 Å². The van der Waals surface area contributed by atoms with Crippen LogP contribution in [-0.2, 0) is 11.3 Å². The smallest absolute Gasteiger partial charge is 0.220 e. The molecule has 0 aliphatic rings. The number of nitrogens with zero attached hydrogens (tertiary/aromatic N) is 1. The Bertz CT molecular complexity index is 931. The van der Waals surface area contributed by atoms with Gasteiger partial charge in [-0.15, -0.1) is 0 Å². The highest BCUT2D eigenvalue weighted by atomic mass is 32.2. The third-order valence-corrected chi connectivity index (χ3v) is 7.95. The Hall–Kier alpha value is -2.67. The highest BCUT2D eigenvalue weighted by Crippen LogP contribution is 2.38.